The number of benzene rings is 2. The van der Waals surface area contributed by atoms with Crippen molar-refractivity contribution in [2.45, 2.75) is 6.92 Å². The highest BCUT2D eigenvalue weighted by Gasteiger charge is 2.17. The minimum absolute atomic E-state index is 0.308. The number of halogens is 6. The molecular weight excluding hydrogens is 457 g/mol. The Bertz CT molecular complexity index is 954. The van der Waals surface area contributed by atoms with Crippen LogP contribution in [0.3, 0.4) is 0 Å². The Hall–Kier alpha value is -0.870. The van der Waals surface area contributed by atoms with Gasteiger partial charge in [-0.3, -0.25) is 0 Å². The molecule has 0 bridgehead atoms. The quantitative estimate of drug-likeness (QED) is 0.386. The van der Waals surface area contributed by atoms with Crippen molar-refractivity contribution in [3.8, 4) is 22.3 Å². The number of hydrogen-bond donors (Lipinski definition) is 1. The molecule has 0 radical (unpaired) electrons. The first-order chi connectivity index (χ1) is 12.2. The fourth-order valence-corrected chi connectivity index (χ4v) is 3.87. The highest BCUT2D eigenvalue weighted by molar-refractivity contribution is 6.44. The van der Waals surface area contributed by atoms with E-state index in [0.717, 1.165) is 5.56 Å². The van der Waals surface area contributed by atoms with Gasteiger partial charge >= 0.3 is 0 Å². The Balaban J connectivity index is 2.27. The normalized spacial score (nSPS) is 11.0. The molecule has 8 heteroatoms. The number of nitrogen functional groups attached to an aromatic ring is 1. The van der Waals surface area contributed by atoms with Crippen molar-refractivity contribution >= 4 is 75.4 Å². The minimum Gasteiger partial charge on any atom is -0.383 e. The Kier molecular flexibility index (Phi) is 5.83. The van der Waals surface area contributed by atoms with Gasteiger partial charge in [-0.05, 0) is 37.3 Å². The van der Waals surface area contributed by atoms with Crippen LogP contribution in [0.2, 0.25) is 30.1 Å². The number of rotatable bonds is 2. The topological polar surface area (TPSA) is 38.9 Å². The smallest absolute Gasteiger partial charge is 0.131 e. The summed E-state index contributed by atoms with van der Waals surface area (Å²) in [7, 11) is 0. The molecule has 134 valence electrons. The monoisotopic (exact) mass is 464 g/mol. The maximum absolute atomic E-state index is 6.36. The summed E-state index contributed by atoms with van der Waals surface area (Å²) in [5.74, 6) is 0.308. The lowest BCUT2D eigenvalue weighted by Gasteiger charge is -2.15. The van der Waals surface area contributed by atoms with E-state index in [0.29, 0.717) is 58.3 Å². The first-order valence-electron chi connectivity index (χ1n) is 7.26. The third-order valence-corrected chi connectivity index (χ3v) is 5.91. The molecule has 1 heterocycles. The van der Waals surface area contributed by atoms with Crippen molar-refractivity contribution in [2.75, 3.05) is 5.73 Å². The van der Waals surface area contributed by atoms with Gasteiger partial charge in [-0.15, -0.1) is 0 Å². The summed E-state index contributed by atoms with van der Waals surface area (Å²) < 4.78 is 0. The minimum atomic E-state index is 0.308. The summed E-state index contributed by atoms with van der Waals surface area (Å²) in [5.41, 5.74) is 9.46. The second-order valence-electron chi connectivity index (χ2n) is 5.55. The van der Waals surface area contributed by atoms with Crippen LogP contribution >= 0.6 is 69.6 Å². The lowest BCUT2D eigenvalue weighted by molar-refractivity contribution is 1.21. The van der Waals surface area contributed by atoms with E-state index < -0.39 is 0 Å². The zero-order valence-corrected chi connectivity index (χ0v) is 17.7. The molecule has 1 aromatic heterocycles. The number of nitrogens with two attached hydrogens (primary N) is 1. The number of aromatic nitrogens is 1. The molecule has 0 spiro atoms. The number of nitrogens with zero attached hydrogens (tertiary/aromatic N) is 1. The second-order valence-corrected chi connectivity index (χ2v) is 7.99. The summed E-state index contributed by atoms with van der Waals surface area (Å²) in [6.07, 6.45) is 0. The van der Waals surface area contributed by atoms with E-state index in [1.165, 1.54) is 0 Å². The Morgan fingerprint density at radius 2 is 1.00 bits per heavy atom. The fraction of sp³-hybridized carbons (Fsp3) is 0.0556. The summed E-state index contributed by atoms with van der Waals surface area (Å²) >= 11 is 37.0. The van der Waals surface area contributed by atoms with Crippen LogP contribution in [-0.4, -0.2) is 4.98 Å². The highest BCUT2D eigenvalue weighted by atomic mass is 35.5. The number of hydrogen-bond acceptors (Lipinski definition) is 2. The maximum Gasteiger partial charge on any atom is 0.131 e. The van der Waals surface area contributed by atoms with Crippen molar-refractivity contribution in [1.29, 1.82) is 0 Å². The van der Waals surface area contributed by atoms with Crippen molar-refractivity contribution in [2.24, 2.45) is 0 Å². The van der Waals surface area contributed by atoms with E-state index in [9.17, 15) is 0 Å². The molecule has 0 atom stereocenters. The molecule has 0 saturated heterocycles. The van der Waals surface area contributed by atoms with Gasteiger partial charge in [0.1, 0.15) is 5.82 Å². The molecule has 0 aliphatic carbocycles. The fourth-order valence-electron chi connectivity index (χ4n) is 2.57. The lowest BCUT2D eigenvalue weighted by Crippen LogP contribution is -1.99. The van der Waals surface area contributed by atoms with Crippen LogP contribution in [0.25, 0.3) is 22.3 Å². The SMILES string of the molecule is Cc1nc(N)c(-c2cc(Cl)c(Cl)cc2Cl)cc1-c1cc(Cl)c(Cl)cc1Cl. The van der Waals surface area contributed by atoms with Gasteiger partial charge in [0.15, 0.2) is 0 Å². The standard InChI is InChI=1S/C18H10Cl6N2/c1-7-8(9-3-14(21)16(23)5-12(9)19)2-11(18(25)26-7)10-4-15(22)17(24)6-13(10)20/h2-6H,1H3,(H2,25,26). The Morgan fingerprint density at radius 3 is 1.50 bits per heavy atom. The van der Waals surface area contributed by atoms with Crippen LogP contribution in [0.1, 0.15) is 5.69 Å². The Morgan fingerprint density at radius 1 is 0.577 bits per heavy atom. The van der Waals surface area contributed by atoms with Crippen LogP contribution < -0.4 is 5.73 Å². The molecule has 3 rings (SSSR count). The average Bonchev–Trinajstić information content (AvgIpc) is 2.55. The second kappa shape index (κ2) is 7.63. The van der Waals surface area contributed by atoms with Crippen molar-refractivity contribution in [1.82, 2.24) is 4.98 Å². The van der Waals surface area contributed by atoms with Gasteiger partial charge in [0.05, 0.1) is 30.1 Å². The largest absolute Gasteiger partial charge is 0.383 e. The molecule has 2 nitrogen and oxygen atoms in total. The first-order valence-corrected chi connectivity index (χ1v) is 9.52. The molecule has 0 aliphatic heterocycles. The van der Waals surface area contributed by atoms with Gasteiger partial charge in [0, 0.05) is 27.9 Å². The highest BCUT2D eigenvalue weighted by Crippen LogP contribution is 2.42. The van der Waals surface area contributed by atoms with Crippen LogP contribution in [-0.2, 0) is 0 Å². The number of pyridine rings is 1. The zero-order chi connectivity index (χ0) is 19.2. The summed E-state index contributed by atoms with van der Waals surface area (Å²) in [4.78, 5) is 4.42. The van der Waals surface area contributed by atoms with Crippen molar-refractivity contribution in [3.63, 3.8) is 0 Å². The van der Waals surface area contributed by atoms with Gasteiger partial charge in [0.2, 0.25) is 0 Å². The molecular formula is C18H10Cl6N2. The molecule has 2 aromatic carbocycles. The van der Waals surface area contributed by atoms with E-state index >= 15 is 0 Å². The van der Waals surface area contributed by atoms with E-state index in [4.69, 9.17) is 75.3 Å². The van der Waals surface area contributed by atoms with E-state index in [-0.39, 0.29) is 0 Å². The molecule has 3 aromatic rings. The number of aryl methyl sites for hydroxylation is 1. The summed E-state index contributed by atoms with van der Waals surface area (Å²) in [6.45, 7) is 1.82. The van der Waals surface area contributed by atoms with Gasteiger partial charge in [-0.2, -0.15) is 0 Å². The molecule has 0 unspecified atom stereocenters. The number of anilines is 1. The van der Waals surface area contributed by atoms with E-state index in [2.05, 4.69) is 4.98 Å². The molecule has 0 saturated carbocycles. The van der Waals surface area contributed by atoms with Crippen LogP contribution in [0.5, 0.6) is 0 Å². The van der Waals surface area contributed by atoms with E-state index in [1.807, 2.05) is 13.0 Å². The first kappa shape index (κ1) is 19.9. The average molecular weight is 467 g/mol. The van der Waals surface area contributed by atoms with E-state index in [1.54, 1.807) is 24.3 Å². The third kappa shape index (κ3) is 3.73. The molecule has 26 heavy (non-hydrogen) atoms. The summed E-state index contributed by atoms with van der Waals surface area (Å²) in [5, 5.41) is 2.32. The predicted octanol–water partition coefficient (Wildman–Crippen LogP) is 8.23. The third-order valence-electron chi connectivity index (χ3n) is 3.84. The van der Waals surface area contributed by atoms with Gasteiger partial charge < -0.3 is 5.73 Å². The van der Waals surface area contributed by atoms with Crippen molar-refractivity contribution < 1.29 is 0 Å². The van der Waals surface area contributed by atoms with Crippen molar-refractivity contribution in [3.05, 3.63) is 66.2 Å². The van der Waals surface area contributed by atoms with Gasteiger partial charge in [0.25, 0.3) is 0 Å². The molecule has 0 fully saturated rings. The van der Waals surface area contributed by atoms with Crippen LogP contribution in [0.15, 0.2) is 30.3 Å². The van der Waals surface area contributed by atoms with Crippen LogP contribution in [0, 0.1) is 6.92 Å². The van der Waals surface area contributed by atoms with Gasteiger partial charge in [-0.1, -0.05) is 69.6 Å². The lowest BCUT2D eigenvalue weighted by atomic mass is 9.98. The molecule has 0 aliphatic rings. The predicted molar refractivity (Wildman–Crippen MR) is 114 cm³/mol. The zero-order valence-electron chi connectivity index (χ0n) is 13.2. The van der Waals surface area contributed by atoms with Gasteiger partial charge in [-0.25, -0.2) is 4.98 Å². The molecule has 2 N–H and O–H groups in total. The Labute approximate surface area is 180 Å². The maximum atomic E-state index is 6.36. The summed E-state index contributed by atoms with van der Waals surface area (Å²) in [6, 6.07) is 8.32. The van der Waals surface area contributed by atoms with Crippen LogP contribution in [0.4, 0.5) is 5.82 Å². The molecule has 0 amide bonds.